The second kappa shape index (κ2) is 4.58. The first kappa shape index (κ1) is 11.6. The van der Waals surface area contributed by atoms with Crippen molar-refractivity contribution in [3.05, 3.63) is 24.3 Å². The molecular weight excluding hydrogens is 216 g/mol. The molecule has 16 heavy (non-hydrogen) atoms. The lowest BCUT2D eigenvalue weighted by atomic mass is 9.71. The minimum atomic E-state index is -0.652. The van der Waals surface area contributed by atoms with Crippen molar-refractivity contribution in [1.82, 2.24) is 0 Å². The Labute approximate surface area is 99.9 Å². The highest BCUT2D eigenvalue weighted by Crippen LogP contribution is 2.50. The molecule has 3 heteroatoms. The highest BCUT2D eigenvalue weighted by Gasteiger charge is 2.42. The first-order valence-corrected chi connectivity index (χ1v) is 7.23. The van der Waals surface area contributed by atoms with Crippen molar-refractivity contribution in [2.24, 2.45) is 11.8 Å². The maximum Gasteiger partial charge on any atom is 0.310 e. The molecule has 2 unspecified atom stereocenters. The van der Waals surface area contributed by atoms with E-state index in [9.17, 15) is 9.90 Å². The number of aliphatic carboxylic acids is 1. The van der Waals surface area contributed by atoms with Crippen molar-refractivity contribution in [2.45, 2.75) is 37.1 Å². The van der Waals surface area contributed by atoms with Gasteiger partial charge >= 0.3 is 5.97 Å². The molecule has 88 valence electrons. The molecule has 2 aliphatic rings. The minimum Gasteiger partial charge on any atom is -0.481 e. The molecule has 0 saturated heterocycles. The van der Waals surface area contributed by atoms with Gasteiger partial charge in [-0.15, -0.1) is 0 Å². The Balaban J connectivity index is 2.22. The molecule has 2 atom stereocenters. The molecule has 2 rings (SSSR count). The molecule has 0 spiro atoms. The number of hydrogen-bond acceptors (Lipinski definition) is 1. The average molecular weight is 236 g/mol. The van der Waals surface area contributed by atoms with Crippen LogP contribution in [0.25, 0.3) is 0 Å². The number of carbonyl (C=O) groups is 1. The number of carboxylic acids is 1. The highest BCUT2D eigenvalue weighted by molar-refractivity contribution is 6.19. The van der Waals surface area contributed by atoms with E-state index in [1.54, 1.807) is 0 Å². The van der Waals surface area contributed by atoms with Gasteiger partial charge in [-0.2, -0.15) is 0 Å². The lowest BCUT2D eigenvalue weighted by Crippen LogP contribution is -2.36. The smallest absolute Gasteiger partial charge is 0.310 e. The van der Waals surface area contributed by atoms with Gasteiger partial charge in [-0.3, -0.25) is 4.79 Å². The van der Waals surface area contributed by atoms with Crippen LogP contribution in [0.3, 0.4) is 0 Å². The van der Waals surface area contributed by atoms with Crippen molar-refractivity contribution in [3.63, 3.8) is 0 Å². The normalized spacial score (nSPS) is 35.4. The second-order valence-electron chi connectivity index (χ2n) is 5.26. The van der Waals surface area contributed by atoms with Crippen LogP contribution in [0, 0.1) is 11.8 Å². The number of hydrogen-bond donors (Lipinski definition) is 1. The predicted molar refractivity (Wildman–Crippen MR) is 68.6 cm³/mol. The molecule has 0 amide bonds. The summed E-state index contributed by atoms with van der Waals surface area (Å²) in [6.07, 6.45) is 14.3. The lowest BCUT2D eigenvalue weighted by Gasteiger charge is -2.42. The van der Waals surface area contributed by atoms with E-state index >= 15 is 0 Å². The molecule has 1 saturated carbocycles. The molecule has 1 fully saturated rings. The fraction of sp³-hybridized carbons (Fsp3) is 0.615. The number of carboxylic acid groups (broad SMARTS) is 1. The van der Waals surface area contributed by atoms with Gasteiger partial charge in [0.2, 0.25) is 0 Å². The number of rotatable bonds is 2. The predicted octanol–water partition coefficient (Wildman–Crippen LogP) is 1.92. The van der Waals surface area contributed by atoms with Crippen LogP contribution in [-0.2, 0) is 4.79 Å². The van der Waals surface area contributed by atoms with Crippen LogP contribution in [0.4, 0.5) is 0 Å². The summed E-state index contributed by atoms with van der Waals surface area (Å²) in [5.41, 5.74) is 0. The zero-order valence-electron chi connectivity index (χ0n) is 9.86. The van der Waals surface area contributed by atoms with E-state index in [1.807, 2.05) is 18.2 Å². The van der Waals surface area contributed by atoms with E-state index in [-0.39, 0.29) is 11.0 Å². The Morgan fingerprint density at radius 3 is 2.56 bits per heavy atom. The number of allylic oxidation sites excluding steroid dienone is 3. The third kappa shape index (κ3) is 2.01. The topological polar surface area (TPSA) is 37.3 Å². The molecule has 0 radical (unpaired) electrons. The quantitative estimate of drug-likeness (QED) is 0.744. The van der Waals surface area contributed by atoms with Crippen molar-refractivity contribution in [1.29, 1.82) is 0 Å². The van der Waals surface area contributed by atoms with Gasteiger partial charge < -0.3 is 5.11 Å². The molecule has 0 aromatic rings. The largest absolute Gasteiger partial charge is 0.481 e. The van der Waals surface area contributed by atoms with Crippen molar-refractivity contribution in [3.8, 4) is 0 Å². The fourth-order valence-electron chi connectivity index (χ4n) is 3.21. The Kier molecular flexibility index (Phi) is 3.33. The standard InChI is InChI=1S/C13H20O2Si/c14-12(15)11-8-4-5-9-13(11,16)10-6-2-1-3-7-10/h4-5,8-11H,1-3,6-7H2,16H3,(H,14,15). The Morgan fingerprint density at radius 1 is 1.25 bits per heavy atom. The third-order valence-corrected chi connectivity index (χ3v) is 6.06. The third-order valence-electron chi connectivity index (χ3n) is 4.29. The van der Waals surface area contributed by atoms with Gasteiger partial charge in [0.1, 0.15) is 0 Å². The van der Waals surface area contributed by atoms with Gasteiger partial charge in [-0.1, -0.05) is 43.6 Å². The first-order valence-electron chi connectivity index (χ1n) is 6.23. The zero-order chi connectivity index (χ0) is 11.6. The van der Waals surface area contributed by atoms with Crippen LogP contribution in [0.15, 0.2) is 24.3 Å². The van der Waals surface area contributed by atoms with Crippen molar-refractivity contribution < 1.29 is 9.90 Å². The molecule has 0 bridgehead atoms. The molecule has 2 aliphatic carbocycles. The van der Waals surface area contributed by atoms with E-state index in [0.717, 1.165) is 10.2 Å². The van der Waals surface area contributed by atoms with Gasteiger partial charge in [0, 0.05) is 10.2 Å². The van der Waals surface area contributed by atoms with Gasteiger partial charge in [0.05, 0.1) is 5.92 Å². The molecule has 2 nitrogen and oxygen atoms in total. The van der Waals surface area contributed by atoms with E-state index < -0.39 is 5.97 Å². The van der Waals surface area contributed by atoms with Gasteiger partial charge in [-0.05, 0) is 23.8 Å². The minimum absolute atomic E-state index is 0.0407. The van der Waals surface area contributed by atoms with Crippen LogP contribution in [0.5, 0.6) is 0 Å². The summed E-state index contributed by atoms with van der Waals surface area (Å²) in [5, 5.41) is 9.30. The summed E-state index contributed by atoms with van der Waals surface area (Å²) in [6.45, 7) is 0. The molecule has 1 N–H and O–H groups in total. The fourth-order valence-corrected chi connectivity index (χ4v) is 4.42. The van der Waals surface area contributed by atoms with E-state index in [4.69, 9.17) is 0 Å². The van der Waals surface area contributed by atoms with Crippen LogP contribution >= 0.6 is 0 Å². The summed E-state index contributed by atoms with van der Waals surface area (Å²) in [4.78, 5) is 11.3. The zero-order valence-corrected chi connectivity index (χ0v) is 11.9. The monoisotopic (exact) mass is 236 g/mol. The molecule has 0 heterocycles. The van der Waals surface area contributed by atoms with Crippen LogP contribution in [0.2, 0.25) is 5.04 Å². The van der Waals surface area contributed by atoms with Crippen LogP contribution in [0.1, 0.15) is 32.1 Å². The van der Waals surface area contributed by atoms with E-state index in [0.29, 0.717) is 5.92 Å². The Morgan fingerprint density at radius 2 is 1.94 bits per heavy atom. The SMILES string of the molecule is O=C(O)C1C=CC=CC1([SiH3])C1CCCCC1. The van der Waals surface area contributed by atoms with Gasteiger partial charge in [0.15, 0.2) is 0 Å². The van der Waals surface area contributed by atoms with Gasteiger partial charge in [0.25, 0.3) is 0 Å². The second-order valence-corrected chi connectivity index (χ2v) is 6.99. The molecule has 0 aliphatic heterocycles. The maximum atomic E-state index is 11.3. The molecular formula is C13H20O2Si. The summed E-state index contributed by atoms with van der Waals surface area (Å²) < 4.78 is 0. The van der Waals surface area contributed by atoms with E-state index in [1.165, 1.54) is 32.1 Å². The maximum absolute atomic E-state index is 11.3. The lowest BCUT2D eigenvalue weighted by molar-refractivity contribution is -0.141. The van der Waals surface area contributed by atoms with Crippen LogP contribution in [-0.4, -0.2) is 21.3 Å². The van der Waals surface area contributed by atoms with Gasteiger partial charge in [-0.25, -0.2) is 0 Å². The van der Waals surface area contributed by atoms with Crippen molar-refractivity contribution >= 4 is 16.2 Å². The Hall–Kier alpha value is -0.833. The van der Waals surface area contributed by atoms with E-state index in [2.05, 4.69) is 6.08 Å². The summed E-state index contributed by atoms with van der Waals surface area (Å²) in [6, 6.07) is 0. The summed E-state index contributed by atoms with van der Waals surface area (Å²) >= 11 is 0. The van der Waals surface area contributed by atoms with Crippen LogP contribution < -0.4 is 0 Å². The molecule has 0 aromatic heterocycles. The summed E-state index contributed by atoms with van der Waals surface area (Å²) in [5.74, 6) is -0.344. The first-order chi connectivity index (χ1) is 7.64. The average Bonchev–Trinajstić information content (AvgIpc) is 2.30. The highest BCUT2D eigenvalue weighted by atomic mass is 28.1. The Bertz CT molecular complexity index is 329. The summed E-state index contributed by atoms with van der Waals surface area (Å²) in [7, 11) is 0.933. The van der Waals surface area contributed by atoms with Crippen molar-refractivity contribution in [2.75, 3.05) is 0 Å². The molecule has 0 aromatic carbocycles.